The first-order valence-electron chi connectivity index (χ1n) is 17.8. The molecule has 0 radical (unpaired) electrons. The molecule has 0 saturated carbocycles. The topological polar surface area (TPSA) is 288 Å². The van der Waals surface area contributed by atoms with Crippen LogP contribution in [-0.4, -0.2) is 118 Å². The van der Waals surface area contributed by atoms with Gasteiger partial charge in [0.15, 0.2) is 0 Å². The third kappa shape index (κ3) is 14.3. The minimum Gasteiger partial charge on any atom is -0.508 e. The van der Waals surface area contributed by atoms with Gasteiger partial charge in [-0.15, -0.1) is 0 Å². The smallest absolute Gasteiger partial charge is 0.328 e. The fourth-order valence-corrected chi connectivity index (χ4v) is 5.45. The van der Waals surface area contributed by atoms with Crippen LogP contribution < -0.4 is 37.6 Å². The lowest BCUT2D eigenvalue weighted by Gasteiger charge is -2.30. The van der Waals surface area contributed by atoms with Gasteiger partial charge in [0, 0.05) is 19.4 Å². The number of ether oxygens (including phenoxy) is 1. The number of benzene rings is 1. The second-order valence-corrected chi connectivity index (χ2v) is 13.3. The van der Waals surface area contributed by atoms with Crippen molar-refractivity contribution >= 4 is 41.4 Å². The summed E-state index contributed by atoms with van der Waals surface area (Å²) < 4.78 is 5.58. The monoisotopic (exact) mass is 749 g/mol. The maximum absolute atomic E-state index is 14.0. The molecule has 0 spiro atoms. The number of aliphatic hydroxyl groups is 2. The summed E-state index contributed by atoms with van der Waals surface area (Å²) in [6.45, 7) is 7.63. The van der Waals surface area contributed by atoms with Crippen LogP contribution in [0.3, 0.4) is 0 Å². The fraction of sp³-hybridized carbons (Fsp3) is 0.629. The molecule has 1 fully saturated rings. The van der Waals surface area contributed by atoms with E-state index in [-0.39, 0.29) is 38.2 Å². The van der Waals surface area contributed by atoms with E-state index in [2.05, 4.69) is 31.9 Å². The first-order chi connectivity index (χ1) is 25.0. The molecule has 11 N–H and O–H groups in total. The molecule has 296 valence electrons. The number of hydrogen-bond donors (Lipinski definition) is 10. The van der Waals surface area contributed by atoms with Crippen molar-refractivity contribution in [1.82, 2.24) is 31.9 Å². The van der Waals surface area contributed by atoms with Crippen molar-refractivity contribution in [2.45, 2.75) is 122 Å². The second-order valence-electron chi connectivity index (χ2n) is 13.3. The molecule has 6 amide bonds. The Morgan fingerprint density at radius 3 is 2.02 bits per heavy atom. The van der Waals surface area contributed by atoms with Gasteiger partial charge in [-0.05, 0) is 70.2 Å². The van der Waals surface area contributed by atoms with Crippen molar-refractivity contribution in [3.63, 3.8) is 0 Å². The predicted molar refractivity (Wildman–Crippen MR) is 190 cm³/mol. The SMILES string of the molecule is CC[C@@H](C)[C@H]1NC(=O)C(NCCCCO)[C@@H](C)OC(=O)[C@@H](C)NC(=O)[C@@H](CCC(N)=O)NC(=O)[C@@H]([C@H](C)O)NC(=O)C(Cc2ccc(O)cc2)NC1=O. The molecule has 18 heteroatoms. The number of phenolic OH excluding ortho intramolecular Hbond substituents is 1. The van der Waals surface area contributed by atoms with Crippen LogP contribution in [-0.2, 0) is 44.7 Å². The van der Waals surface area contributed by atoms with Gasteiger partial charge in [0.1, 0.15) is 48.1 Å². The van der Waals surface area contributed by atoms with Gasteiger partial charge in [-0.1, -0.05) is 32.4 Å². The summed E-state index contributed by atoms with van der Waals surface area (Å²) in [4.78, 5) is 93.4. The predicted octanol–water partition coefficient (Wildman–Crippen LogP) is -2.25. The van der Waals surface area contributed by atoms with Gasteiger partial charge in [-0.25, -0.2) is 4.79 Å². The van der Waals surface area contributed by atoms with E-state index in [0.29, 0.717) is 24.8 Å². The fourth-order valence-electron chi connectivity index (χ4n) is 5.45. The first-order valence-corrected chi connectivity index (χ1v) is 17.8. The molecular formula is C35H55N7O11. The molecule has 1 saturated heterocycles. The molecule has 1 aliphatic heterocycles. The Balaban J connectivity index is 2.65. The van der Waals surface area contributed by atoms with Crippen LogP contribution in [0, 0.1) is 5.92 Å². The number of aromatic hydroxyl groups is 1. The molecule has 0 aliphatic carbocycles. The Hall–Kier alpha value is -4.81. The molecule has 0 bridgehead atoms. The van der Waals surface area contributed by atoms with E-state index in [9.17, 15) is 48.9 Å². The number of amides is 6. The van der Waals surface area contributed by atoms with Crippen LogP contribution in [0.5, 0.6) is 5.75 Å². The van der Waals surface area contributed by atoms with Crippen LogP contribution in [0.1, 0.15) is 72.3 Å². The molecule has 1 aliphatic rings. The standard InChI is InChI=1S/C35H55N7O11/c1-6-18(2)27-32(49)40-25(17-22-9-11-23(45)12-10-22)31(48)42-28(20(4)44)33(50)39-24(13-14-26(36)46)30(47)38-19(3)35(52)53-21(5)29(34(51)41-27)37-15-7-8-16-43/h9-12,18-21,24-25,27-29,37,43-45H,6-8,13-17H2,1-5H3,(H2,36,46)(H,38,47)(H,39,50)(H,40,49)(H,41,51)(H,42,48)/t18-,19-,20+,21-,24-,25?,27-,28-,29?/m1/s1. The number of rotatable bonds is 13. The highest BCUT2D eigenvalue weighted by Crippen LogP contribution is 2.15. The number of esters is 1. The molecule has 1 aromatic rings. The van der Waals surface area contributed by atoms with Crippen molar-refractivity contribution in [1.29, 1.82) is 0 Å². The molecule has 0 aromatic heterocycles. The van der Waals surface area contributed by atoms with E-state index >= 15 is 0 Å². The average Bonchev–Trinajstić information content (AvgIpc) is 3.10. The van der Waals surface area contributed by atoms with E-state index in [1.54, 1.807) is 13.8 Å². The Bertz CT molecular complexity index is 1430. The summed E-state index contributed by atoms with van der Waals surface area (Å²) in [5, 5.41) is 45.3. The van der Waals surface area contributed by atoms with Gasteiger partial charge in [-0.3, -0.25) is 28.8 Å². The van der Waals surface area contributed by atoms with Crippen LogP contribution >= 0.6 is 0 Å². The second kappa shape index (κ2) is 21.7. The molecule has 1 aromatic carbocycles. The number of nitrogens with two attached hydrogens (primary N) is 1. The molecule has 2 unspecified atom stereocenters. The first kappa shape index (κ1) is 44.4. The summed E-state index contributed by atoms with van der Waals surface area (Å²) in [7, 11) is 0. The van der Waals surface area contributed by atoms with Crippen molar-refractivity contribution < 1.29 is 53.6 Å². The van der Waals surface area contributed by atoms with Gasteiger partial charge >= 0.3 is 5.97 Å². The van der Waals surface area contributed by atoms with Crippen LogP contribution in [0.2, 0.25) is 0 Å². The lowest BCUT2D eigenvalue weighted by molar-refractivity contribution is -0.155. The highest BCUT2D eigenvalue weighted by atomic mass is 16.5. The maximum atomic E-state index is 14.0. The molecule has 1 heterocycles. The lowest BCUT2D eigenvalue weighted by atomic mass is 9.96. The van der Waals surface area contributed by atoms with Crippen LogP contribution in [0.4, 0.5) is 0 Å². The largest absolute Gasteiger partial charge is 0.508 e. The third-order valence-electron chi connectivity index (χ3n) is 8.89. The summed E-state index contributed by atoms with van der Waals surface area (Å²) in [5.74, 6) is -6.53. The van der Waals surface area contributed by atoms with Gasteiger partial charge in [-0.2, -0.15) is 0 Å². The van der Waals surface area contributed by atoms with Crippen molar-refractivity contribution in [3.05, 3.63) is 29.8 Å². The Kier molecular flexibility index (Phi) is 18.1. The number of carbonyl (C=O) groups is 7. The van der Waals surface area contributed by atoms with E-state index in [1.807, 2.05) is 0 Å². The quantitative estimate of drug-likeness (QED) is 0.0756. The molecule has 18 nitrogen and oxygen atoms in total. The zero-order chi connectivity index (χ0) is 39.8. The number of phenols is 1. The van der Waals surface area contributed by atoms with E-state index < -0.39 is 95.8 Å². The van der Waals surface area contributed by atoms with Crippen molar-refractivity contribution in [3.8, 4) is 5.75 Å². The van der Waals surface area contributed by atoms with Gasteiger partial charge in [0.2, 0.25) is 35.4 Å². The molecule has 9 atom stereocenters. The Morgan fingerprint density at radius 2 is 1.43 bits per heavy atom. The number of hydrogen-bond acceptors (Lipinski definition) is 12. The van der Waals surface area contributed by atoms with E-state index in [0.717, 1.165) is 0 Å². The third-order valence-corrected chi connectivity index (χ3v) is 8.89. The number of unbranched alkanes of at least 4 members (excludes halogenated alkanes) is 1. The number of aliphatic hydroxyl groups excluding tert-OH is 2. The van der Waals surface area contributed by atoms with Crippen molar-refractivity contribution in [2.24, 2.45) is 11.7 Å². The Labute approximate surface area is 308 Å². The summed E-state index contributed by atoms with van der Waals surface area (Å²) in [5.41, 5.74) is 5.79. The summed E-state index contributed by atoms with van der Waals surface area (Å²) in [6, 6.07) is -2.42. The number of carbonyl (C=O) groups excluding carboxylic acids is 7. The van der Waals surface area contributed by atoms with E-state index in [4.69, 9.17) is 10.5 Å². The highest BCUT2D eigenvalue weighted by molar-refractivity contribution is 5.97. The molecule has 53 heavy (non-hydrogen) atoms. The number of cyclic esters (lactones) is 1. The number of primary amides is 1. The zero-order valence-corrected chi connectivity index (χ0v) is 30.8. The van der Waals surface area contributed by atoms with Crippen LogP contribution in [0.15, 0.2) is 24.3 Å². The summed E-state index contributed by atoms with van der Waals surface area (Å²) in [6.07, 6.45) is -2.17. The molecule has 2 rings (SSSR count). The lowest BCUT2D eigenvalue weighted by Crippen LogP contribution is -2.62. The normalized spacial score (nSPS) is 26.6. The van der Waals surface area contributed by atoms with Crippen molar-refractivity contribution in [2.75, 3.05) is 13.2 Å². The molecular weight excluding hydrogens is 694 g/mol. The number of nitrogens with one attached hydrogen (secondary N) is 6. The van der Waals surface area contributed by atoms with E-state index in [1.165, 1.54) is 45.0 Å². The van der Waals surface area contributed by atoms with Gasteiger partial charge in [0.25, 0.3) is 0 Å². The van der Waals surface area contributed by atoms with Crippen LogP contribution in [0.25, 0.3) is 0 Å². The summed E-state index contributed by atoms with van der Waals surface area (Å²) >= 11 is 0. The zero-order valence-electron chi connectivity index (χ0n) is 30.8. The highest BCUT2D eigenvalue weighted by Gasteiger charge is 2.37. The van der Waals surface area contributed by atoms with Gasteiger partial charge in [0.05, 0.1) is 6.10 Å². The van der Waals surface area contributed by atoms with Gasteiger partial charge < -0.3 is 57.7 Å². The Morgan fingerprint density at radius 1 is 0.849 bits per heavy atom. The minimum atomic E-state index is -1.67. The average molecular weight is 750 g/mol. The maximum Gasteiger partial charge on any atom is 0.328 e. The minimum absolute atomic E-state index is 0.0446.